The summed E-state index contributed by atoms with van der Waals surface area (Å²) in [5.74, 6) is -4.42. The fourth-order valence-corrected chi connectivity index (χ4v) is 1.05. The molecule has 9 heteroatoms. The molecule has 0 saturated carbocycles. The molecule has 1 aromatic heterocycles. The number of carbonyl (C=O) groups is 2. The molecule has 1 atom stereocenters. The molecule has 1 rings (SSSR count). The largest absolute Gasteiger partial charge is 0.479 e. The van der Waals surface area contributed by atoms with E-state index in [0.29, 0.717) is 13.1 Å². The fourth-order valence-electron chi connectivity index (χ4n) is 1.05. The van der Waals surface area contributed by atoms with Crippen LogP contribution in [-0.4, -0.2) is 33.7 Å². The first-order valence-electron chi connectivity index (χ1n) is 4.82. The average Bonchev–Trinajstić information content (AvgIpc) is 2.27. The average molecular weight is 280 g/mol. The molecule has 2 N–H and O–H groups in total. The Morgan fingerprint density at radius 3 is 2.26 bits per heavy atom. The van der Waals surface area contributed by atoms with Gasteiger partial charge in [-0.05, 0) is 19.1 Å². The molecule has 0 spiro atoms. The summed E-state index contributed by atoms with van der Waals surface area (Å²) in [6, 6.07) is 1.65. The number of nitrogens with one attached hydrogen (secondary N) is 1. The van der Waals surface area contributed by atoms with Gasteiger partial charge in [-0.25, -0.2) is 14.2 Å². The molecule has 1 heterocycles. The third kappa shape index (κ3) is 2.98. The maximum Gasteiger partial charge on any atom is 0.422 e. The molecule has 0 radical (unpaired) electrons. The molecular weight excluding hydrogens is 272 g/mol. The number of pyridine rings is 1. The highest BCUT2D eigenvalue weighted by molar-refractivity contribution is 5.96. The molecule has 0 aliphatic carbocycles. The Kier molecular flexibility index (Phi) is 3.78. The molecule has 19 heavy (non-hydrogen) atoms. The molecule has 0 saturated heterocycles. The van der Waals surface area contributed by atoms with E-state index in [0.717, 1.165) is 12.1 Å². The second kappa shape index (κ2) is 4.82. The number of halogens is 4. The molecule has 0 bridgehead atoms. The van der Waals surface area contributed by atoms with Crippen LogP contribution in [-0.2, 0) is 4.79 Å². The van der Waals surface area contributed by atoms with Gasteiger partial charge in [0, 0.05) is 0 Å². The molecule has 1 unspecified atom stereocenters. The summed E-state index contributed by atoms with van der Waals surface area (Å²) >= 11 is 0. The molecule has 1 amide bonds. The molecule has 1 aromatic rings. The number of carbonyl (C=O) groups excluding carboxylic acids is 1. The lowest BCUT2D eigenvalue weighted by atomic mass is 10.0. The maximum atomic E-state index is 12.6. The lowest BCUT2D eigenvalue weighted by molar-refractivity contribution is -0.203. The van der Waals surface area contributed by atoms with Gasteiger partial charge in [0.2, 0.25) is 5.54 Å². The van der Waals surface area contributed by atoms with Gasteiger partial charge in [0.15, 0.2) is 0 Å². The quantitative estimate of drug-likeness (QED) is 0.819. The zero-order chi connectivity index (χ0) is 14.8. The van der Waals surface area contributed by atoms with Crippen molar-refractivity contribution >= 4 is 11.9 Å². The number of nitrogens with zero attached hydrogens (tertiary/aromatic N) is 1. The van der Waals surface area contributed by atoms with Crippen LogP contribution in [0.5, 0.6) is 0 Å². The van der Waals surface area contributed by atoms with E-state index in [9.17, 15) is 27.2 Å². The third-order valence-corrected chi connectivity index (χ3v) is 2.32. The predicted octanol–water partition coefficient (Wildman–Crippen LogP) is 1.36. The van der Waals surface area contributed by atoms with Gasteiger partial charge in [-0.15, -0.1) is 0 Å². The Labute approximate surface area is 104 Å². The number of aliphatic carboxylic acids is 1. The van der Waals surface area contributed by atoms with Gasteiger partial charge in [0.1, 0.15) is 11.5 Å². The Morgan fingerprint density at radius 1 is 1.32 bits per heavy atom. The number of rotatable bonds is 3. The van der Waals surface area contributed by atoms with Crippen LogP contribution in [0.15, 0.2) is 18.3 Å². The molecule has 104 valence electrons. The topological polar surface area (TPSA) is 79.3 Å². The Hall–Kier alpha value is -2.19. The molecule has 0 aliphatic rings. The number of carboxylic acid groups (broad SMARTS) is 1. The molecule has 0 aliphatic heterocycles. The minimum absolute atomic E-state index is 0.302. The van der Waals surface area contributed by atoms with Crippen molar-refractivity contribution in [2.24, 2.45) is 0 Å². The van der Waals surface area contributed by atoms with E-state index in [2.05, 4.69) is 4.98 Å². The van der Waals surface area contributed by atoms with Crippen molar-refractivity contribution in [1.29, 1.82) is 0 Å². The van der Waals surface area contributed by atoms with Crippen molar-refractivity contribution in [1.82, 2.24) is 10.3 Å². The minimum atomic E-state index is -5.20. The first-order chi connectivity index (χ1) is 8.58. The molecular formula is C10H8F4N2O3. The number of hydrogen-bond acceptors (Lipinski definition) is 3. The minimum Gasteiger partial charge on any atom is -0.479 e. The summed E-state index contributed by atoms with van der Waals surface area (Å²) in [7, 11) is 0. The first kappa shape index (κ1) is 14.9. The summed E-state index contributed by atoms with van der Waals surface area (Å²) in [6.45, 7) is 0.302. The normalized spacial score (nSPS) is 14.6. The summed E-state index contributed by atoms with van der Waals surface area (Å²) < 4.78 is 50.4. The highest BCUT2D eigenvalue weighted by Crippen LogP contribution is 2.30. The monoisotopic (exact) mass is 280 g/mol. The molecule has 5 nitrogen and oxygen atoms in total. The lowest BCUT2D eigenvalue weighted by Crippen LogP contribution is -2.62. The smallest absolute Gasteiger partial charge is 0.422 e. The van der Waals surface area contributed by atoms with Crippen molar-refractivity contribution in [3.05, 3.63) is 29.8 Å². The zero-order valence-electron chi connectivity index (χ0n) is 9.45. The Morgan fingerprint density at radius 2 is 1.89 bits per heavy atom. The van der Waals surface area contributed by atoms with Crippen molar-refractivity contribution < 1.29 is 32.3 Å². The SMILES string of the molecule is CC(NC(=O)c1ccc(F)cn1)(C(=O)O)C(F)(F)F. The van der Waals surface area contributed by atoms with Gasteiger partial charge < -0.3 is 10.4 Å². The fraction of sp³-hybridized carbons (Fsp3) is 0.300. The van der Waals surface area contributed by atoms with Crippen LogP contribution in [0.25, 0.3) is 0 Å². The van der Waals surface area contributed by atoms with Crippen LogP contribution in [0.3, 0.4) is 0 Å². The first-order valence-corrected chi connectivity index (χ1v) is 4.82. The number of alkyl halides is 3. The lowest BCUT2D eigenvalue weighted by Gasteiger charge is -2.28. The van der Waals surface area contributed by atoms with Crippen LogP contribution < -0.4 is 5.32 Å². The van der Waals surface area contributed by atoms with Crippen molar-refractivity contribution in [3.63, 3.8) is 0 Å². The Bertz CT molecular complexity index is 500. The van der Waals surface area contributed by atoms with Gasteiger partial charge in [0.05, 0.1) is 6.20 Å². The Balaban J connectivity index is 3.02. The van der Waals surface area contributed by atoms with Crippen LogP contribution >= 0.6 is 0 Å². The third-order valence-electron chi connectivity index (χ3n) is 2.32. The maximum absolute atomic E-state index is 12.6. The van der Waals surface area contributed by atoms with E-state index in [1.165, 1.54) is 5.32 Å². The van der Waals surface area contributed by atoms with Crippen LogP contribution in [0.2, 0.25) is 0 Å². The van der Waals surface area contributed by atoms with Crippen molar-refractivity contribution in [3.8, 4) is 0 Å². The van der Waals surface area contributed by atoms with E-state index in [4.69, 9.17) is 5.11 Å². The molecule has 0 aromatic carbocycles. The van der Waals surface area contributed by atoms with E-state index in [-0.39, 0.29) is 0 Å². The van der Waals surface area contributed by atoms with E-state index >= 15 is 0 Å². The van der Waals surface area contributed by atoms with Crippen molar-refractivity contribution in [2.45, 2.75) is 18.6 Å². The van der Waals surface area contributed by atoms with Gasteiger partial charge in [0.25, 0.3) is 5.91 Å². The number of carboxylic acids is 1. The van der Waals surface area contributed by atoms with E-state index in [1.807, 2.05) is 0 Å². The predicted molar refractivity (Wildman–Crippen MR) is 53.8 cm³/mol. The number of aromatic nitrogens is 1. The summed E-state index contributed by atoms with van der Waals surface area (Å²) in [5.41, 5.74) is -3.99. The van der Waals surface area contributed by atoms with Gasteiger partial charge >= 0.3 is 12.1 Å². The number of hydrogen-bond donors (Lipinski definition) is 2. The zero-order valence-corrected chi connectivity index (χ0v) is 9.45. The summed E-state index contributed by atoms with van der Waals surface area (Å²) in [6.07, 6.45) is -4.57. The number of amides is 1. The van der Waals surface area contributed by atoms with Crippen molar-refractivity contribution in [2.75, 3.05) is 0 Å². The summed E-state index contributed by atoms with van der Waals surface area (Å²) in [5, 5.41) is 9.91. The van der Waals surface area contributed by atoms with Crippen LogP contribution in [0.1, 0.15) is 17.4 Å². The van der Waals surface area contributed by atoms with Gasteiger partial charge in [-0.1, -0.05) is 0 Å². The van der Waals surface area contributed by atoms with E-state index in [1.54, 1.807) is 0 Å². The second-order valence-electron chi connectivity index (χ2n) is 3.74. The second-order valence-corrected chi connectivity index (χ2v) is 3.74. The van der Waals surface area contributed by atoms with E-state index < -0.39 is 35.1 Å². The van der Waals surface area contributed by atoms with Crippen LogP contribution in [0.4, 0.5) is 17.6 Å². The van der Waals surface area contributed by atoms with Gasteiger partial charge in [-0.2, -0.15) is 13.2 Å². The molecule has 0 fully saturated rings. The van der Waals surface area contributed by atoms with Crippen LogP contribution in [0, 0.1) is 5.82 Å². The standard InChI is InChI=1S/C10H8F4N2O3/c1-9(8(18)19,10(12,13)14)16-7(17)6-3-2-5(11)4-15-6/h2-4H,1H3,(H,16,17)(H,18,19). The highest BCUT2D eigenvalue weighted by Gasteiger charge is 2.58. The van der Waals surface area contributed by atoms with Gasteiger partial charge in [-0.3, -0.25) is 4.79 Å². The highest BCUT2D eigenvalue weighted by atomic mass is 19.4. The summed E-state index contributed by atoms with van der Waals surface area (Å²) in [4.78, 5) is 25.4.